The average molecular weight is 380 g/mol. The number of carbonyl (C=O) groups is 1. The van der Waals surface area contributed by atoms with Crippen LogP contribution >= 0.6 is 0 Å². The highest BCUT2D eigenvalue weighted by molar-refractivity contribution is 5.86. The lowest BCUT2D eigenvalue weighted by molar-refractivity contribution is -0.131. The van der Waals surface area contributed by atoms with Crippen LogP contribution in [0.4, 0.5) is 0 Å². The molecular formula is C24H28O4. The number of ether oxygens (including phenoxy) is 1. The Bertz CT molecular complexity index is 951. The quantitative estimate of drug-likeness (QED) is 0.686. The van der Waals surface area contributed by atoms with Gasteiger partial charge in [0.2, 0.25) is 0 Å². The van der Waals surface area contributed by atoms with Gasteiger partial charge in [-0.25, -0.2) is 4.79 Å². The standard InChI is InChI=1S/C24H28O4/c1-23(2)10-11-24(3,4)22-18(23)13-16(14-20(22)28-5)17-12-15(6-8-19(17)25)7-9-21(26)27/h6-9,12-14,25H,10-11H2,1-5H3,(H,26,27)/b9-7+. The van der Waals surface area contributed by atoms with Crippen LogP contribution in [-0.2, 0) is 15.6 Å². The molecular weight excluding hydrogens is 352 g/mol. The van der Waals surface area contributed by atoms with E-state index < -0.39 is 5.97 Å². The number of hydrogen-bond donors (Lipinski definition) is 2. The summed E-state index contributed by atoms with van der Waals surface area (Å²) in [6.07, 6.45) is 4.78. The number of methoxy groups -OCH3 is 1. The van der Waals surface area contributed by atoms with Gasteiger partial charge in [0.05, 0.1) is 7.11 Å². The van der Waals surface area contributed by atoms with Gasteiger partial charge in [0.1, 0.15) is 11.5 Å². The highest BCUT2D eigenvalue weighted by Crippen LogP contribution is 2.51. The molecule has 4 heteroatoms. The Labute approximate surface area is 166 Å². The maximum Gasteiger partial charge on any atom is 0.328 e. The monoisotopic (exact) mass is 380 g/mol. The van der Waals surface area contributed by atoms with E-state index in [-0.39, 0.29) is 16.6 Å². The van der Waals surface area contributed by atoms with E-state index in [9.17, 15) is 9.90 Å². The molecule has 4 nitrogen and oxygen atoms in total. The predicted molar refractivity (Wildman–Crippen MR) is 112 cm³/mol. The zero-order valence-electron chi connectivity index (χ0n) is 17.2. The minimum Gasteiger partial charge on any atom is -0.507 e. The first kappa shape index (κ1) is 20.0. The van der Waals surface area contributed by atoms with Gasteiger partial charge in [-0.3, -0.25) is 0 Å². The van der Waals surface area contributed by atoms with Gasteiger partial charge in [0.15, 0.2) is 0 Å². The molecule has 0 saturated heterocycles. The molecule has 0 aromatic heterocycles. The van der Waals surface area contributed by atoms with Gasteiger partial charge in [-0.2, -0.15) is 0 Å². The summed E-state index contributed by atoms with van der Waals surface area (Å²) in [5, 5.41) is 19.4. The highest BCUT2D eigenvalue weighted by atomic mass is 16.5. The molecule has 0 spiro atoms. The van der Waals surface area contributed by atoms with Crippen LogP contribution < -0.4 is 4.74 Å². The van der Waals surface area contributed by atoms with Gasteiger partial charge < -0.3 is 14.9 Å². The van der Waals surface area contributed by atoms with Crippen LogP contribution in [0, 0.1) is 0 Å². The Morgan fingerprint density at radius 1 is 1.07 bits per heavy atom. The lowest BCUT2D eigenvalue weighted by Crippen LogP contribution is -2.34. The van der Waals surface area contributed by atoms with Gasteiger partial charge in [0, 0.05) is 17.2 Å². The van der Waals surface area contributed by atoms with E-state index in [2.05, 4.69) is 33.8 Å². The van der Waals surface area contributed by atoms with Gasteiger partial charge in [-0.05, 0) is 70.7 Å². The Balaban J connectivity index is 2.22. The Kier molecular flexibility index (Phi) is 5.00. The first-order valence-corrected chi connectivity index (χ1v) is 9.52. The molecule has 0 atom stereocenters. The number of benzene rings is 2. The van der Waals surface area contributed by atoms with E-state index in [1.54, 1.807) is 25.3 Å². The van der Waals surface area contributed by atoms with Crippen molar-refractivity contribution in [2.45, 2.75) is 51.4 Å². The number of phenolic OH excluding ortho intramolecular Hbond substituents is 1. The largest absolute Gasteiger partial charge is 0.507 e. The molecule has 0 unspecified atom stereocenters. The predicted octanol–water partition coefficient (Wildman–Crippen LogP) is 5.51. The third-order valence-corrected chi connectivity index (χ3v) is 5.85. The molecule has 0 amide bonds. The molecule has 148 valence electrons. The van der Waals surface area contributed by atoms with E-state index in [1.807, 2.05) is 6.07 Å². The number of aromatic hydroxyl groups is 1. The van der Waals surface area contributed by atoms with Crippen molar-refractivity contribution >= 4 is 12.0 Å². The van der Waals surface area contributed by atoms with Crippen LogP contribution in [0.3, 0.4) is 0 Å². The van der Waals surface area contributed by atoms with Crippen LogP contribution in [0.1, 0.15) is 57.2 Å². The molecule has 0 aliphatic heterocycles. The van der Waals surface area contributed by atoms with Gasteiger partial charge in [-0.1, -0.05) is 33.8 Å². The summed E-state index contributed by atoms with van der Waals surface area (Å²) in [4.78, 5) is 10.8. The zero-order valence-corrected chi connectivity index (χ0v) is 17.2. The first-order valence-electron chi connectivity index (χ1n) is 9.52. The Hall–Kier alpha value is -2.75. The fraction of sp³-hybridized carbons (Fsp3) is 0.375. The second-order valence-corrected chi connectivity index (χ2v) is 8.82. The van der Waals surface area contributed by atoms with Gasteiger partial charge in [0.25, 0.3) is 0 Å². The minimum atomic E-state index is -1.01. The van der Waals surface area contributed by atoms with Crippen molar-refractivity contribution in [3.8, 4) is 22.6 Å². The number of carboxylic acid groups (broad SMARTS) is 1. The molecule has 1 aliphatic rings. The van der Waals surface area contributed by atoms with Gasteiger partial charge in [-0.15, -0.1) is 0 Å². The van der Waals surface area contributed by atoms with Crippen LogP contribution in [0.15, 0.2) is 36.4 Å². The third kappa shape index (κ3) is 3.64. The summed E-state index contributed by atoms with van der Waals surface area (Å²) in [6, 6.07) is 9.22. The molecule has 3 rings (SSSR count). The molecule has 1 aliphatic carbocycles. The lowest BCUT2D eigenvalue weighted by Gasteiger charge is -2.42. The van der Waals surface area contributed by atoms with Crippen LogP contribution in [-0.4, -0.2) is 23.3 Å². The highest BCUT2D eigenvalue weighted by Gasteiger charge is 2.39. The molecule has 0 bridgehead atoms. The molecule has 0 saturated carbocycles. The summed E-state index contributed by atoms with van der Waals surface area (Å²) in [5.74, 6) is -0.0208. The summed E-state index contributed by atoms with van der Waals surface area (Å²) >= 11 is 0. The van der Waals surface area contributed by atoms with Crippen molar-refractivity contribution in [1.82, 2.24) is 0 Å². The number of aliphatic carboxylic acids is 1. The van der Waals surface area contributed by atoms with Crippen molar-refractivity contribution in [1.29, 1.82) is 0 Å². The summed E-state index contributed by atoms with van der Waals surface area (Å²) < 4.78 is 5.78. The smallest absolute Gasteiger partial charge is 0.328 e. The van der Waals surface area contributed by atoms with E-state index in [0.29, 0.717) is 11.1 Å². The maximum absolute atomic E-state index is 10.8. The SMILES string of the molecule is COc1cc(-c2cc(/C=C/C(=O)O)ccc2O)cc2c1C(C)(C)CCC2(C)C. The lowest BCUT2D eigenvalue weighted by atomic mass is 9.62. The number of carboxylic acids is 1. The summed E-state index contributed by atoms with van der Waals surface area (Å²) in [5.41, 5.74) is 4.73. The zero-order chi connectivity index (χ0) is 20.7. The molecule has 2 N–H and O–H groups in total. The fourth-order valence-corrected chi connectivity index (χ4v) is 4.10. The summed E-state index contributed by atoms with van der Waals surface area (Å²) in [7, 11) is 1.68. The van der Waals surface area contributed by atoms with Crippen molar-refractivity contribution < 1.29 is 19.7 Å². The molecule has 2 aromatic carbocycles. The average Bonchev–Trinajstić information content (AvgIpc) is 2.64. The third-order valence-electron chi connectivity index (χ3n) is 5.85. The van der Waals surface area contributed by atoms with E-state index >= 15 is 0 Å². The molecule has 2 aromatic rings. The fourth-order valence-electron chi connectivity index (χ4n) is 4.10. The maximum atomic E-state index is 10.8. The van der Waals surface area contributed by atoms with E-state index in [0.717, 1.165) is 30.2 Å². The van der Waals surface area contributed by atoms with Crippen molar-refractivity contribution in [3.63, 3.8) is 0 Å². The Morgan fingerprint density at radius 2 is 1.75 bits per heavy atom. The van der Waals surface area contributed by atoms with Gasteiger partial charge >= 0.3 is 5.97 Å². The van der Waals surface area contributed by atoms with Crippen LogP contribution in [0.25, 0.3) is 17.2 Å². The molecule has 0 radical (unpaired) electrons. The van der Waals surface area contributed by atoms with Crippen molar-refractivity contribution in [2.75, 3.05) is 7.11 Å². The second kappa shape index (κ2) is 7.01. The Morgan fingerprint density at radius 3 is 2.39 bits per heavy atom. The topological polar surface area (TPSA) is 66.8 Å². The van der Waals surface area contributed by atoms with Crippen LogP contribution in [0.5, 0.6) is 11.5 Å². The normalized spacial score (nSPS) is 17.3. The van der Waals surface area contributed by atoms with Crippen molar-refractivity contribution in [3.05, 3.63) is 53.1 Å². The molecule has 0 fully saturated rings. The number of rotatable bonds is 4. The van der Waals surface area contributed by atoms with Crippen molar-refractivity contribution in [2.24, 2.45) is 0 Å². The molecule has 28 heavy (non-hydrogen) atoms. The summed E-state index contributed by atoms with van der Waals surface area (Å²) in [6.45, 7) is 8.99. The van der Waals surface area contributed by atoms with Crippen LogP contribution in [0.2, 0.25) is 0 Å². The number of fused-ring (bicyclic) bond motifs is 1. The number of phenols is 1. The number of hydrogen-bond acceptors (Lipinski definition) is 3. The first-order chi connectivity index (χ1) is 13.0. The minimum absolute atomic E-state index is 0.00455. The van der Waals surface area contributed by atoms with E-state index in [4.69, 9.17) is 9.84 Å². The second-order valence-electron chi connectivity index (χ2n) is 8.82. The van der Waals surface area contributed by atoms with E-state index in [1.165, 1.54) is 17.2 Å². The molecule has 0 heterocycles.